The summed E-state index contributed by atoms with van der Waals surface area (Å²) >= 11 is 1.29. The first kappa shape index (κ1) is 22.7. The molecule has 2 aromatic rings. The number of carbonyl (C=O) groups excluding carboxylic acids is 1. The van der Waals surface area contributed by atoms with Gasteiger partial charge in [0.2, 0.25) is 0 Å². The van der Waals surface area contributed by atoms with Crippen LogP contribution in [0.1, 0.15) is 37.8 Å². The second-order valence-electron chi connectivity index (χ2n) is 7.16. The average Bonchev–Trinajstić information content (AvgIpc) is 3.05. The number of rotatable bonds is 8. The molecule has 3 rings (SSSR count). The molecule has 1 aliphatic rings. The lowest BCUT2D eigenvalue weighted by Gasteiger charge is -2.12. The molecule has 0 aliphatic carbocycles. The number of aryl methyl sites for hydroxylation is 1. The molecule has 0 radical (unpaired) electrons. The van der Waals surface area contributed by atoms with Crippen LogP contribution in [0.3, 0.4) is 0 Å². The van der Waals surface area contributed by atoms with Crippen molar-refractivity contribution in [2.45, 2.75) is 33.6 Å². The third-order valence-corrected chi connectivity index (χ3v) is 5.80. The minimum absolute atomic E-state index is 0.0948. The lowest BCUT2D eigenvalue weighted by molar-refractivity contribution is -0.122. The van der Waals surface area contributed by atoms with Crippen LogP contribution in [-0.4, -0.2) is 41.3 Å². The van der Waals surface area contributed by atoms with E-state index in [-0.39, 0.29) is 11.7 Å². The van der Waals surface area contributed by atoms with Gasteiger partial charge < -0.3 is 14.6 Å². The van der Waals surface area contributed by atoms with Crippen molar-refractivity contribution < 1.29 is 19.4 Å². The molecule has 7 heteroatoms. The normalized spacial score (nSPS) is 16.4. The van der Waals surface area contributed by atoms with Crippen molar-refractivity contribution in [3.05, 3.63) is 52.4 Å². The van der Waals surface area contributed by atoms with E-state index in [0.717, 1.165) is 24.0 Å². The van der Waals surface area contributed by atoms with E-state index in [1.165, 1.54) is 11.8 Å². The molecule has 1 aliphatic heterocycles. The standard InChI is InChI=1S/C24H28N2O4S/c1-5-7-12-30-20-11-9-17(14-21(20)29-4)15-22-23(28)26(6-2)24(31-22)25-18-10-8-16(3)13-19(18)27/h8-11,13-15,27H,5-7,12H2,1-4H3/b22-15-,25-24?. The largest absolute Gasteiger partial charge is 0.506 e. The van der Waals surface area contributed by atoms with Gasteiger partial charge in [0, 0.05) is 6.54 Å². The molecule has 1 fully saturated rings. The number of hydrogen-bond donors (Lipinski definition) is 1. The van der Waals surface area contributed by atoms with E-state index in [1.807, 2.05) is 44.2 Å². The van der Waals surface area contributed by atoms with Crippen LogP contribution >= 0.6 is 11.8 Å². The highest BCUT2D eigenvalue weighted by Gasteiger charge is 2.32. The highest BCUT2D eigenvalue weighted by Crippen LogP contribution is 2.37. The molecular formula is C24H28N2O4S. The monoisotopic (exact) mass is 440 g/mol. The van der Waals surface area contributed by atoms with E-state index < -0.39 is 0 Å². The maximum atomic E-state index is 12.9. The summed E-state index contributed by atoms with van der Waals surface area (Å²) in [5, 5.41) is 10.7. The maximum absolute atomic E-state index is 12.9. The Labute approximate surface area is 187 Å². The summed E-state index contributed by atoms with van der Waals surface area (Å²) in [4.78, 5) is 19.6. The number of benzene rings is 2. The Kier molecular flexibility index (Phi) is 7.63. The minimum Gasteiger partial charge on any atom is -0.506 e. The number of ether oxygens (including phenoxy) is 2. The zero-order chi connectivity index (χ0) is 22.4. The van der Waals surface area contributed by atoms with Crippen LogP contribution in [0.5, 0.6) is 17.2 Å². The fraction of sp³-hybridized carbons (Fsp3) is 0.333. The average molecular weight is 441 g/mol. The third kappa shape index (κ3) is 5.41. The van der Waals surface area contributed by atoms with Crippen LogP contribution < -0.4 is 9.47 Å². The number of carbonyl (C=O) groups is 1. The zero-order valence-corrected chi connectivity index (χ0v) is 19.2. The van der Waals surface area contributed by atoms with Gasteiger partial charge in [-0.25, -0.2) is 4.99 Å². The Balaban J connectivity index is 1.87. The Morgan fingerprint density at radius 3 is 2.65 bits per heavy atom. The molecule has 0 saturated carbocycles. The lowest BCUT2D eigenvalue weighted by Crippen LogP contribution is -2.28. The molecule has 0 bridgehead atoms. The number of aromatic hydroxyl groups is 1. The molecular weight excluding hydrogens is 412 g/mol. The molecule has 1 saturated heterocycles. The molecule has 0 unspecified atom stereocenters. The molecule has 0 spiro atoms. The number of hydrogen-bond acceptors (Lipinski definition) is 6. The van der Waals surface area contributed by atoms with Crippen molar-refractivity contribution in [1.29, 1.82) is 0 Å². The predicted octanol–water partition coefficient (Wildman–Crippen LogP) is 5.51. The summed E-state index contributed by atoms with van der Waals surface area (Å²) in [6.07, 6.45) is 3.86. The van der Waals surface area contributed by atoms with Crippen molar-refractivity contribution >= 4 is 34.6 Å². The molecule has 0 atom stereocenters. The van der Waals surface area contributed by atoms with Crippen LogP contribution in [0.15, 0.2) is 46.3 Å². The number of likely N-dealkylation sites (N-methyl/N-ethyl adjacent to an activating group) is 1. The molecule has 31 heavy (non-hydrogen) atoms. The van der Waals surface area contributed by atoms with Gasteiger partial charge in [-0.15, -0.1) is 0 Å². The predicted molar refractivity (Wildman–Crippen MR) is 126 cm³/mol. The summed E-state index contributed by atoms with van der Waals surface area (Å²) in [7, 11) is 1.60. The van der Waals surface area contributed by atoms with Gasteiger partial charge in [-0.05, 0) is 73.5 Å². The van der Waals surface area contributed by atoms with Crippen molar-refractivity contribution in [2.24, 2.45) is 4.99 Å². The van der Waals surface area contributed by atoms with Crippen molar-refractivity contribution in [3.63, 3.8) is 0 Å². The number of phenols is 1. The Morgan fingerprint density at radius 1 is 1.16 bits per heavy atom. The Hall–Kier alpha value is -2.93. The van der Waals surface area contributed by atoms with E-state index in [2.05, 4.69) is 11.9 Å². The number of aliphatic imine (C=N–C) groups is 1. The van der Waals surface area contributed by atoms with Crippen LogP contribution in [-0.2, 0) is 4.79 Å². The minimum atomic E-state index is -0.111. The molecule has 164 valence electrons. The quantitative estimate of drug-likeness (QED) is 0.433. The number of amides is 1. The number of nitrogens with zero attached hydrogens (tertiary/aromatic N) is 2. The summed E-state index contributed by atoms with van der Waals surface area (Å²) in [5.41, 5.74) is 2.22. The number of unbranched alkanes of at least 4 members (excludes halogenated alkanes) is 1. The highest BCUT2D eigenvalue weighted by molar-refractivity contribution is 8.18. The van der Waals surface area contributed by atoms with Gasteiger partial charge in [-0.2, -0.15) is 0 Å². The molecule has 1 N–H and O–H groups in total. The molecule has 1 amide bonds. The van der Waals surface area contributed by atoms with Crippen molar-refractivity contribution in [2.75, 3.05) is 20.3 Å². The van der Waals surface area contributed by atoms with Gasteiger partial charge in [-0.3, -0.25) is 9.69 Å². The second-order valence-corrected chi connectivity index (χ2v) is 8.17. The fourth-order valence-electron chi connectivity index (χ4n) is 3.07. The zero-order valence-electron chi connectivity index (χ0n) is 18.3. The van der Waals surface area contributed by atoms with E-state index in [0.29, 0.717) is 40.4 Å². The van der Waals surface area contributed by atoms with Gasteiger partial charge in [0.25, 0.3) is 5.91 Å². The topological polar surface area (TPSA) is 71.4 Å². The summed E-state index contributed by atoms with van der Waals surface area (Å²) in [6.45, 7) is 7.04. The highest BCUT2D eigenvalue weighted by atomic mass is 32.2. The Bertz CT molecular complexity index is 1020. The lowest BCUT2D eigenvalue weighted by atomic mass is 10.2. The van der Waals surface area contributed by atoms with Gasteiger partial charge in [0.15, 0.2) is 16.7 Å². The molecule has 6 nitrogen and oxygen atoms in total. The Morgan fingerprint density at radius 2 is 1.97 bits per heavy atom. The van der Waals surface area contributed by atoms with Gasteiger partial charge in [-0.1, -0.05) is 25.5 Å². The third-order valence-electron chi connectivity index (χ3n) is 4.79. The maximum Gasteiger partial charge on any atom is 0.266 e. The van der Waals surface area contributed by atoms with Crippen molar-refractivity contribution in [1.82, 2.24) is 4.90 Å². The number of thioether (sulfide) groups is 1. The van der Waals surface area contributed by atoms with Gasteiger partial charge in [0.05, 0.1) is 18.6 Å². The van der Waals surface area contributed by atoms with E-state index >= 15 is 0 Å². The SMILES string of the molecule is CCCCOc1ccc(/C=C2\SC(=Nc3ccc(C)cc3O)N(CC)C2=O)cc1OC. The van der Waals surface area contributed by atoms with Crippen LogP contribution in [0.2, 0.25) is 0 Å². The van der Waals surface area contributed by atoms with Crippen LogP contribution in [0, 0.1) is 6.92 Å². The van der Waals surface area contributed by atoms with Crippen LogP contribution in [0.25, 0.3) is 6.08 Å². The summed E-state index contributed by atoms with van der Waals surface area (Å²) < 4.78 is 11.2. The second kappa shape index (κ2) is 10.4. The number of amidine groups is 1. The number of methoxy groups -OCH3 is 1. The number of phenolic OH excluding ortho intramolecular Hbond substituents is 1. The summed E-state index contributed by atoms with van der Waals surface area (Å²) in [6, 6.07) is 10.9. The first-order valence-electron chi connectivity index (χ1n) is 10.4. The smallest absolute Gasteiger partial charge is 0.266 e. The van der Waals surface area contributed by atoms with E-state index in [1.54, 1.807) is 24.1 Å². The first-order chi connectivity index (χ1) is 15.0. The molecule has 1 heterocycles. The fourth-order valence-corrected chi connectivity index (χ4v) is 4.13. The van der Waals surface area contributed by atoms with E-state index in [9.17, 15) is 9.90 Å². The van der Waals surface area contributed by atoms with Gasteiger partial charge in [0.1, 0.15) is 11.4 Å². The molecule has 2 aromatic carbocycles. The first-order valence-corrected chi connectivity index (χ1v) is 11.2. The molecule has 0 aromatic heterocycles. The van der Waals surface area contributed by atoms with Gasteiger partial charge >= 0.3 is 0 Å². The van der Waals surface area contributed by atoms with Crippen LogP contribution in [0.4, 0.5) is 5.69 Å². The van der Waals surface area contributed by atoms with Crippen molar-refractivity contribution in [3.8, 4) is 17.2 Å². The summed E-state index contributed by atoms with van der Waals surface area (Å²) in [5.74, 6) is 1.31. The van der Waals surface area contributed by atoms with E-state index in [4.69, 9.17) is 9.47 Å².